The van der Waals surface area contributed by atoms with Gasteiger partial charge in [-0.1, -0.05) is 6.92 Å². The molecule has 6 heteroatoms. The largest absolute Gasteiger partial charge is 0.393 e. The fourth-order valence-electron chi connectivity index (χ4n) is 1.78. The Morgan fingerprint density at radius 3 is 2.74 bits per heavy atom. The zero-order valence-corrected chi connectivity index (χ0v) is 13.7. The molecule has 1 heterocycles. The summed E-state index contributed by atoms with van der Waals surface area (Å²) in [4.78, 5) is 12.8. The molecule has 0 fully saturated rings. The molecule has 0 spiro atoms. The van der Waals surface area contributed by atoms with E-state index in [1.165, 1.54) is 4.88 Å². The van der Waals surface area contributed by atoms with Gasteiger partial charge in [-0.05, 0) is 53.7 Å². The Hall–Kier alpha value is -0.590. The molecular weight excluding hydrogens is 328 g/mol. The smallest absolute Gasteiger partial charge is 0.314 e. The summed E-state index contributed by atoms with van der Waals surface area (Å²) in [6, 6.07) is 3.92. The Balaban J connectivity index is 2.11. The lowest BCUT2D eigenvalue weighted by Crippen LogP contribution is -2.39. The topological polar surface area (TPSA) is 61.4 Å². The molecule has 0 saturated heterocycles. The van der Waals surface area contributed by atoms with Gasteiger partial charge in [-0.3, -0.25) is 0 Å². The normalized spacial score (nSPS) is 13.9. The predicted octanol–water partition coefficient (Wildman–Crippen LogP) is 2.76. The summed E-state index contributed by atoms with van der Waals surface area (Å²) in [7, 11) is 0. The van der Waals surface area contributed by atoms with E-state index in [0.717, 1.165) is 10.2 Å². The lowest BCUT2D eigenvalue weighted by atomic mass is 10.1. The number of carbonyl (C=O) groups excluding carboxylic acids is 1. The van der Waals surface area contributed by atoms with Gasteiger partial charge >= 0.3 is 6.03 Å². The van der Waals surface area contributed by atoms with Crippen LogP contribution in [-0.4, -0.2) is 30.3 Å². The fraction of sp³-hybridized carbons (Fsp3) is 0.615. The highest BCUT2D eigenvalue weighted by molar-refractivity contribution is 9.11. The molecular formula is C13H21BrN2O2S. The minimum Gasteiger partial charge on any atom is -0.393 e. The molecule has 1 aromatic rings. The van der Waals surface area contributed by atoms with Crippen molar-refractivity contribution in [1.82, 2.24) is 10.6 Å². The minimum atomic E-state index is -0.322. The van der Waals surface area contributed by atoms with Crippen molar-refractivity contribution in [2.24, 2.45) is 5.92 Å². The van der Waals surface area contributed by atoms with Crippen molar-refractivity contribution in [3.8, 4) is 0 Å². The molecule has 2 atom stereocenters. The van der Waals surface area contributed by atoms with Gasteiger partial charge in [0.25, 0.3) is 0 Å². The SMILES string of the molecule is CC(O)CC(C)CNC(=O)NCCc1ccc(Br)s1. The van der Waals surface area contributed by atoms with Crippen molar-refractivity contribution in [3.63, 3.8) is 0 Å². The van der Waals surface area contributed by atoms with E-state index in [1.807, 2.05) is 13.0 Å². The number of carbonyl (C=O) groups is 1. The number of hydrogen-bond donors (Lipinski definition) is 3. The summed E-state index contributed by atoms with van der Waals surface area (Å²) < 4.78 is 1.11. The molecule has 3 N–H and O–H groups in total. The van der Waals surface area contributed by atoms with Crippen LogP contribution in [0.25, 0.3) is 0 Å². The van der Waals surface area contributed by atoms with E-state index in [1.54, 1.807) is 18.3 Å². The van der Waals surface area contributed by atoms with Crippen LogP contribution in [0.3, 0.4) is 0 Å². The maximum atomic E-state index is 11.5. The molecule has 2 unspecified atom stereocenters. The van der Waals surface area contributed by atoms with Crippen LogP contribution >= 0.6 is 27.3 Å². The summed E-state index contributed by atoms with van der Waals surface area (Å²) in [5.74, 6) is 0.277. The van der Waals surface area contributed by atoms with Gasteiger partial charge in [0.2, 0.25) is 0 Å². The van der Waals surface area contributed by atoms with Crippen LogP contribution in [-0.2, 0) is 6.42 Å². The molecule has 0 bridgehead atoms. The summed E-state index contributed by atoms with van der Waals surface area (Å²) in [5.41, 5.74) is 0. The average Bonchev–Trinajstić information content (AvgIpc) is 2.71. The number of urea groups is 1. The molecule has 0 aliphatic rings. The molecule has 0 aromatic carbocycles. The molecule has 0 saturated carbocycles. The molecule has 0 aliphatic heterocycles. The summed E-state index contributed by atoms with van der Waals surface area (Å²) in [6.45, 7) is 4.98. The van der Waals surface area contributed by atoms with Gasteiger partial charge in [0.15, 0.2) is 0 Å². The second-order valence-corrected chi connectivity index (χ2v) is 7.33. The fourth-order valence-corrected chi connectivity index (χ4v) is 3.26. The Bertz CT molecular complexity index is 396. The van der Waals surface area contributed by atoms with Crippen molar-refractivity contribution in [2.75, 3.05) is 13.1 Å². The number of aliphatic hydroxyl groups is 1. The first-order chi connectivity index (χ1) is 8.97. The lowest BCUT2D eigenvalue weighted by Gasteiger charge is -2.14. The second kappa shape index (κ2) is 8.55. The van der Waals surface area contributed by atoms with Crippen molar-refractivity contribution >= 4 is 33.3 Å². The number of rotatable bonds is 7. The van der Waals surface area contributed by atoms with E-state index >= 15 is 0 Å². The maximum Gasteiger partial charge on any atom is 0.314 e. The zero-order chi connectivity index (χ0) is 14.3. The molecule has 19 heavy (non-hydrogen) atoms. The molecule has 1 aromatic heterocycles. The van der Waals surface area contributed by atoms with Crippen LogP contribution in [0.1, 0.15) is 25.1 Å². The van der Waals surface area contributed by atoms with Gasteiger partial charge in [0.05, 0.1) is 9.89 Å². The van der Waals surface area contributed by atoms with Gasteiger partial charge in [-0.15, -0.1) is 11.3 Å². The highest BCUT2D eigenvalue weighted by Gasteiger charge is 2.08. The molecule has 0 radical (unpaired) electrons. The van der Waals surface area contributed by atoms with E-state index in [2.05, 4.69) is 32.6 Å². The molecule has 1 rings (SSSR count). The van der Waals surface area contributed by atoms with E-state index in [9.17, 15) is 9.90 Å². The van der Waals surface area contributed by atoms with E-state index in [4.69, 9.17) is 0 Å². The van der Waals surface area contributed by atoms with Gasteiger partial charge in [0, 0.05) is 18.0 Å². The summed E-state index contributed by atoms with van der Waals surface area (Å²) in [6.07, 6.45) is 1.22. The van der Waals surface area contributed by atoms with Crippen molar-refractivity contribution < 1.29 is 9.90 Å². The van der Waals surface area contributed by atoms with Crippen molar-refractivity contribution in [1.29, 1.82) is 0 Å². The van der Waals surface area contributed by atoms with E-state index in [-0.39, 0.29) is 18.1 Å². The maximum absolute atomic E-state index is 11.5. The highest BCUT2D eigenvalue weighted by Crippen LogP contribution is 2.21. The van der Waals surface area contributed by atoms with Crippen LogP contribution in [0, 0.1) is 5.92 Å². The Labute approximate surface area is 126 Å². The number of hydrogen-bond acceptors (Lipinski definition) is 3. The quantitative estimate of drug-likeness (QED) is 0.709. The lowest BCUT2D eigenvalue weighted by molar-refractivity contribution is 0.163. The molecule has 4 nitrogen and oxygen atoms in total. The first-order valence-electron chi connectivity index (χ1n) is 6.41. The predicted molar refractivity (Wildman–Crippen MR) is 82.6 cm³/mol. The third kappa shape index (κ3) is 7.54. The van der Waals surface area contributed by atoms with Crippen LogP contribution in [0.15, 0.2) is 15.9 Å². The minimum absolute atomic E-state index is 0.145. The number of aliphatic hydroxyl groups excluding tert-OH is 1. The first kappa shape index (κ1) is 16.5. The Kier molecular flexibility index (Phi) is 7.41. The summed E-state index contributed by atoms with van der Waals surface area (Å²) in [5, 5.41) is 14.9. The number of halogens is 1. The van der Waals surface area contributed by atoms with Gasteiger partial charge < -0.3 is 15.7 Å². The first-order valence-corrected chi connectivity index (χ1v) is 8.02. The Morgan fingerprint density at radius 2 is 2.16 bits per heavy atom. The van der Waals surface area contributed by atoms with Crippen LogP contribution in [0.4, 0.5) is 4.79 Å². The van der Waals surface area contributed by atoms with Crippen LogP contribution in [0.5, 0.6) is 0 Å². The summed E-state index contributed by atoms with van der Waals surface area (Å²) >= 11 is 5.09. The third-order valence-electron chi connectivity index (χ3n) is 2.64. The third-order valence-corrected chi connectivity index (χ3v) is 4.32. The van der Waals surface area contributed by atoms with Gasteiger partial charge in [-0.25, -0.2) is 4.79 Å². The molecule has 0 aliphatic carbocycles. The zero-order valence-electron chi connectivity index (χ0n) is 11.3. The highest BCUT2D eigenvalue weighted by atomic mass is 79.9. The number of nitrogens with one attached hydrogen (secondary N) is 2. The molecule has 108 valence electrons. The van der Waals surface area contributed by atoms with E-state index < -0.39 is 0 Å². The van der Waals surface area contributed by atoms with Gasteiger partial charge in [-0.2, -0.15) is 0 Å². The Morgan fingerprint density at radius 1 is 1.42 bits per heavy atom. The second-order valence-electron chi connectivity index (χ2n) is 4.78. The standard InChI is InChI=1S/C13H21BrN2O2S/c1-9(7-10(2)17)8-16-13(18)15-6-5-11-3-4-12(14)19-11/h3-4,9-10,17H,5-8H2,1-2H3,(H2,15,16,18). The molecule has 2 amide bonds. The number of amides is 2. The van der Waals surface area contributed by atoms with Crippen molar-refractivity contribution in [2.45, 2.75) is 32.8 Å². The average molecular weight is 349 g/mol. The van der Waals surface area contributed by atoms with Crippen LogP contribution in [0.2, 0.25) is 0 Å². The van der Waals surface area contributed by atoms with Crippen molar-refractivity contribution in [3.05, 3.63) is 20.8 Å². The monoisotopic (exact) mass is 348 g/mol. The number of thiophene rings is 1. The van der Waals surface area contributed by atoms with E-state index in [0.29, 0.717) is 19.5 Å². The van der Waals surface area contributed by atoms with Crippen LogP contribution < -0.4 is 10.6 Å². The van der Waals surface area contributed by atoms with Gasteiger partial charge in [0.1, 0.15) is 0 Å².